The van der Waals surface area contributed by atoms with Crippen molar-refractivity contribution in [2.45, 2.75) is 31.7 Å². The lowest BCUT2D eigenvalue weighted by atomic mass is 10.1. The molecule has 1 aliphatic rings. The van der Waals surface area contributed by atoms with Crippen LogP contribution in [0.4, 0.5) is 18.9 Å². The van der Waals surface area contributed by atoms with Crippen LogP contribution in [0.1, 0.15) is 24.5 Å². The highest BCUT2D eigenvalue weighted by Crippen LogP contribution is 2.32. The molecule has 2 atom stereocenters. The Hall–Kier alpha value is -1.34. The summed E-state index contributed by atoms with van der Waals surface area (Å²) >= 11 is 4.84. The molecule has 1 fully saturated rings. The molecule has 1 saturated heterocycles. The molecule has 1 aromatic rings. The van der Waals surface area contributed by atoms with Gasteiger partial charge in [-0.2, -0.15) is 13.2 Å². The fraction of sp³-hybridized carbons (Fsp3) is 0.462. The molecule has 3 nitrogen and oxygen atoms in total. The van der Waals surface area contributed by atoms with Crippen LogP contribution >= 0.6 is 12.2 Å². The maximum Gasteiger partial charge on any atom is 0.416 e. The van der Waals surface area contributed by atoms with Gasteiger partial charge < -0.3 is 15.8 Å². The second-order valence-corrected chi connectivity index (χ2v) is 5.18. The zero-order valence-electron chi connectivity index (χ0n) is 10.8. The Bertz CT molecular complexity index is 519. The summed E-state index contributed by atoms with van der Waals surface area (Å²) in [6, 6.07) is 3.40. The van der Waals surface area contributed by atoms with Gasteiger partial charge >= 0.3 is 6.18 Å². The van der Waals surface area contributed by atoms with Gasteiger partial charge in [0.15, 0.2) is 0 Å². The third-order valence-corrected chi connectivity index (χ3v) is 3.55. The van der Waals surface area contributed by atoms with Gasteiger partial charge in [0.05, 0.1) is 17.7 Å². The Labute approximate surface area is 120 Å². The van der Waals surface area contributed by atoms with Crippen LogP contribution in [0.3, 0.4) is 0 Å². The van der Waals surface area contributed by atoms with E-state index in [9.17, 15) is 13.2 Å². The van der Waals surface area contributed by atoms with Gasteiger partial charge in [0.25, 0.3) is 0 Å². The number of nitrogens with one attached hydrogen (secondary N) is 1. The minimum Gasteiger partial charge on any atom is -0.389 e. The van der Waals surface area contributed by atoms with Crippen molar-refractivity contribution in [2.24, 2.45) is 5.73 Å². The number of benzene rings is 1. The molecule has 1 aliphatic heterocycles. The van der Waals surface area contributed by atoms with E-state index in [-0.39, 0.29) is 22.7 Å². The first kappa shape index (κ1) is 15.1. The molecule has 1 aromatic carbocycles. The molecule has 0 bridgehead atoms. The highest BCUT2D eigenvalue weighted by Gasteiger charge is 2.32. The summed E-state index contributed by atoms with van der Waals surface area (Å²) in [4.78, 5) is -0.0647. The maximum atomic E-state index is 12.7. The van der Waals surface area contributed by atoms with Crippen LogP contribution in [-0.4, -0.2) is 23.7 Å². The van der Waals surface area contributed by atoms with Crippen molar-refractivity contribution in [3.05, 3.63) is 29.3 Å². The summed E-state index contributed by atoms with van der Waals surface area (Å²) < 4.78 is 43.5. The second-order valence-electron chi connectivity index (χ2n) is 4.74. The number of alkyl halides is 3. The number of halogens is 3. The van der Waals surface area contributed by atoms with Crippen LogP contribution in [0, 0.1) is 0 Å². The predicted molar refractivity (Wildman–Crippen MR) is 74.8 cm³/mol. The summed E-state index contributed by atoms with van der Waals surface area (Å²) in [6.45, 7) is 2.54. The van der Waals surface area contributed by atoms with Crippen LogP contribution in [0.15, 0.2) is 18.2 Å². The quantitative estimate of drug-likeness (QED) is 0.843. The standard InChI is InChI=1S/C13H15F3N2OS/c1-7-10(4-5-19-7)18-11-3-2-8(13(14,15)16)6-9(11)12(17)20/h2-3,6-7,10,18H,4-5H2,1H3,(H2,17,20). The molecule has 2 rings (SSSR count). The van der Waals surface area contributed by atoms with Crippen molar-refractivity contribution in [1.82, 2.24) is 0 Å². The van der Waals surface area contributed by atoms with Gasteiger partial charge in [-0.1, -0.05) is 12.2 Å². The molecular formula is C13H15F3N2OS. The molecule has 0 aliphatic carbocycles. The summed E-state index contributed by atoms with van der Waals surface area (Å²) in [5.74, 6) is 0. The van der Waals surface area contributed by atoms with E-state index in [4.69, 9.17) is 22.7 Å². The van der Waals surface area contributed by atoms with Gasteiger partial charge in [0, 0.05) is 17.9 Å². The molecule has 0 aromatic heterocycles. The minimum atomic E-state index is -4.41. The van der Waals surface area contributed by atoms with Crippen molar-refractivity contribution in [3.63, 3.8) is 0 Å². The van der Waals surface area contributed by atoms with E-state index < -0.39 is 11.7 Å². The normalized spacial score (nSPS) is 22.8. The van der Waals surface area contributed by atoms with E-state index in [1.807, 2.05) is 6.92 Å². The number of hydrogen-bond donors (Lipinski definition) is 2. The summed E-state index contributed by atoms with van der Waals surface area (Å²) in [7, 11) is 0. The monoisotopic (exact) mass is 304 g/mol. The van der Waals surface area contributed by atoms with Gasteiger partial charge in [-0.15, -0.1) is 0 Å². The van der Waals surface area contributed by atoms with Crippen molar-refractivity contribution in [2.75, 3.05) is 11.9 Å². The first-order valence-electron chi connectivity index (χ1n) is 6.18. The zero-order valence-corrected chi connectivity index (χ0v) is 11.6. The average molecular weight is 304 g/mol. The number of ether oxygens (including phenoxy) is 1. The minimum absolute atomic E-state index is 0.00325. The molecule has 1 heterocycles. The average Bonchev–Trinajstić information content (AvgIpc) is 2.74. The lowest BCUT2D eigenvalue weighted by Crippen LogP contribution is -2.28. The molecule has 0 spiro atoms. The van der Waals surface area contributed by atoms with Crippen LogP contribution < -0.4 is 11.1 Å². The fourth-order valence-electron chi connectivity index (χ4n) is 2.17. The summed E-state index contributed by atoms with van der Waals surface area (Å²) in [6.07, 6.45) is -3.63. The van der Waals surface area contributed by atoms with Gasteiger partial charge in [-0.25, -0.2) is 0 Å². The Morgan fingerprint density at radius 3 is 2.65 bits per heavy atom. The lowest BCUT2D eigenvalue weighted by Gasteiger charge is -2.20. The Morgan fingerprint density at radius 2 is 2.15 bits per heavy atom. The van der Waals surface area contributed by atoms with Gasteiger partial charge in [0.2, 0.25) is 0 Å². The largest absolute Gasteiger partial charge is 0.416 e. The lowest BCUT2D eigenvalue weighted by molar-refractivity contribution is -0.137. The maximum absolute atomic E-state index is 12.7. The Balaban J connectivity index is 2.31. The number of nitrogens with two attached hydrogens (primary N) is 1. The number of thiocarbonyl (C=S) groups is 1. The third kappa shape index (κ3) is 3.21. The van der Waals surface area contributed by atoms with E-state index in [0.29, 0.717) is 12.3 Å². The smallest absolute Gasteiger partial charge is 0.389 e. The van der Waals surface area contributed by atoms with Crippen molar-refractivity contribution in [1.29, 1.82) is 0 Å². The van der Waals surface area contributed by atoms with Crippen molar-refractivity contribution >= 4 is 22.9 Å². The van der Waals surface area contributed by atoms with Crippen molar-refractivity contribution < 1.29 is 17.9 Å². The zero-order chi connectivity index (χ0) is 14.9. The molecule has 7 heteroatoms. The second kappa shape index (κ2) is 5.57. The van der Waals surface area contributed by atoms with Crippen LogP contribution in [0.5, 0.6) is 0 Å². The summed E-state index contributed by atoms with van der Waals surface area (Å²) in [5.41, 5.74) is 5.48. The van der Waals surface area contributed by atoms with Gasteiger partial charge in [-0.05, 0) is 31.5 Å². The molecule has 0 radical (unpaired) electrons. The van der Waals surface area contributed by atoms with Crippen LogP contribution in [0.25, 0.3) is 0 Å². The number of anilines is 1. The highest BCUT2D eigenvalue weighted by atomic mass is 32.1. The SMILES string of the molecule is CC1OCCC1Nc1ccc(C(F)(F)F)cc1C(N)=S. The Morgan fingerprint density at radius 1 is 1.45 bits per heavy atom. The van der Waals surface area contributed by atoms with E-state index in [1.54, 1.807) is 0 Å². The molecule has 2 unspecified atom stereocenters. The van der Waals surface area contributed by atoms with E-state index in [0.717, 1.165) is 18.6 Å². The first-order chi connectivity index (χ1) is 9.29. The molecule has 110 valence electrons. The first-order valence-corrected chi connectivity index (χ1v) is 6.59. The molecule has 20 heavy (non-hydrogen) atoms. The highest BCUT2D eigenvalue weighted by molar-refractivity contribution is 7.80. The summed E-state index contributed by atoms with van der Waals surface area (Å²) in [5, 5.41) is 3.16. The predicted octanol–water partition coefficient (Wildman–Crippen LogP) is 2.93. The van der Waals surface area contributed by atoms with E-state index >= 15 is 0 Å². The molecular weight excluding hydrogens is 289 g/mol. The van der Waals surface area contributed by atoms with Gasteiger partial charge in [-0.3, -0.25) is 0 Å². The molecule has 0 amide bonds. The van der Waals surface area contributed by atoms with Crippen LogP contribution in [-0.2, 0) is 10.9 Å². The third-order valence-electron chi connectivity index (χ3n) is 3.33. The Kier molecular flexibility index (Phi) is 4.19. The van der Waals surface area contributed by atoms with Crippen molar-refractivity contribution in [3.8, 4) is 0 Å². The molecule has 3 N–H and O–H groups in total. The topological polar surface area (TPSA) is 47.3 Å². The van der Waals surface area contributed by atoms with E-state index in [2.05, 4.69) is 5.32 Å². The van der Waals surface area contributed by atoms with Gasteiger partial charge in [0.1, 0.15) is 4.99 Å². The number of hydrogen-bond acceptors (Lipinski definition) is 3. The molecule has 0 saturated carbocycles. The number of rotatable bonds is 3. The fourth-order valence-corrected chi connectivity index (χ4v) is 2.34. The van der Waals surface area contributed by atoms with E-state index in [1.165, 1.54) is 6.07 Å². The van der Waals surface area contributed by atoms with Crippen LogP contribution in [0.2, 0.25) is 0 Å².